The molecule has 0 radical (unpaired) electrons. The quantitative estimate of drug-likeness (QED) is 0.347. The Balaban J connectivity index is 1.44. The molecule has 2 heterocycles. The predicted octanol–water partition coefficient (Wildman–Crippen LogP) is 6.76. The Kier molecular flexibility index (Phi) is 5.57. The highest BCUT2D eigenvalue weighted by atomic mass is 19.1. The number of fused-ring (bicyclic) bond motifs is 5. The lowest BCUT2D eigenvalue weighted by Gasteiger charge is -2.36. The number of hydrogen-bond acceptors (Lipinski definition) is 4. The molecule has 35 heavy (non-hydrogen) atoms. The van der Waals surface area contributed by atoms with Gasteiger partial charge in [-0.1, -0.05) is 30.3 Å². The molecule has 0 saturated carbocycles. The third-order valence-corrected chi connectivity index (χ3v) is 7.31. The average molecular weight is 469 g/mol. The molecule has 1 saturated heterocycles. The minimum Gasteiger partial charge on any atom is -0.508 e. The van der Waals surface area contributed by atoms with E-state index in [4.69, 9.17) is 4.74 Å². The van der Waals surface area contributed by atoms with Crippen LogP contribution in [0.5, 0.6) is 11.5 Å². The Labute approximate surface area is 205 Å². The van der Waals surface area contributed by atoms with Gasteiger partial charge >= 0.3 is 0 Å². The SMILES string of the molecule is CCN(c1ccc(C2Oc3cc(F)ccc3-c3ccc4cc(O)ccc4c32)cc1)C1CCCCN1. The molecular formula is C30H29FN2O2. The molecule has 2 aliphatic heterocycles. The minimum absolute atomic E-state index is 0.230. The Morgan fingerprint density at radius 2 is 1.80 bits per heavy atom. The van der Waals surface area contributed by atoms with Gasteiger partial charge in [-0.3, -0.25) is 5.32 Å². The summed E-state index contributed by atoms with van der Waals surface area (Å²) in [4.78, 5) is 2.42. The predicted molar refractivity (Wildman–Crippen MR) is 139 cm³/mol. The van der Waals surface area contributed by atoms with E-state index < -0.39 is 0 Å². The monoisotopic (exact) mass is 468 g/mol. The van der Waals surface area contributed by atoms with Crippen LogP contribution in [0, 0.1) is 5.82 Å². The van der Waals surface area contributed by atoms with Crippen molar-refractivity contribution in [3.63, 3.8) is 0 Å². The maximum atomic E-state index is 14.1. The first-order valence-electron chi connectivity index (χ1n) is 12.4. The zero-order valence-corrected chi connectivity index (χ0v) is 19.8. The molecule has 1 fully saturated rings. The summed E-state index contributed by atoms with van der Waals surface area (Å²) >= 11 is 0. The number of aromatic hydroxyl groups is 1. The van der Waals surface area contributed by atoms with Gasteiger partial charge in [0.1, 0.15) is 17.3 Å². The number of hydrogen-bond donors (Lipinski definition) is 2. The Morgan fingerprint density at radius 1 is 0.971 bits per heavy atom. The second kappa shape index (κ2) is 8.90. The van der Waals surface area contributed by atoms with Gasteiger partial charge in [0.05, 0.1) is 6.17 Å². The number of anilines is 1. The molecule has 178 valence electrons. The molecule has 4 aromatic rings. The number of phenolic OH excluding ortho intramolecular Hbond substituents is 1. The summed E-state index contributed by atoms with van der Waals surface area (Å²) in [5.41, 5.74) is 5.14. The van der Waals surface area contributed by atoms with E-state index in [1.54, 1.807) is 18.2 Å². The fourth-order valence-electron chi connectivity index (χ4n) is 5.62. The second-order valence-electron chi connectivity index (χ2n) is 9.41. The van der Waals surface area contributed by atoms with Gasteiger partial charge in [0.25, 0.3) is 0 Å². The zero-order chi connectivity index (χ0) is 23.9. The van der Waals surface area contributed by atoms with Crippen LogP contribution in [0.2, 0.25) is 0 Å². The van der Waals surface area contributed by atoms with Gasteiger partial charge in [-0.2, -0.15) is 0 Å². The lowest BCUT2D eigenvalue weighted by atomic mass is 9.86. The molecule has 4 aromatic carbocycles. The number of benzene rings is 4. The third kappa shape index (κ3) is 3.90. The topological polar surface area (TPSA) is 44.7 Å². The van der Waals surface area contributed by atoms with Gasteiger partial charge in [0.15, 0.2) is 6.10 Å². The Hall–Kier alpha value is -3.57. The van der Waals surface area contributed by atoms with Crippen molar-refractivity contribution >= 4 is 16.5 Å². The van der Waals surface area contributed by atoms with Crippen molar-refractivity contribution in [3.05, 3.63) is 89.7 Å². The molecule has 0 spiro atoms. The lowest BCUT2D eigenvalue weighted by molar-refractivity contribution is 0.244. The van der Waals surface area contributed by atoms with Crippen molar-refractivity contribution in [1.82, 2.24) is 5.32 Å². The van der Waals surface area contributed by atoms with Crippen LogP contribution in [-0.2, 0) is 0 Å². The fraction of sp³-hybridized carbons (Fsp3) is 0.267. The van der Waals surface area contributed by atoms with E-state index in [2.05, 4.69) is 41.4 Å². The summed E-state index contributed by atoms with van der Waals surface area (Å²) in [6.45, 7) is 4.18. The van der Waals surface area contributed by atoms with E-state index in [0.717, 1.165) is 52.5 Å². The maximum Gasteiger partial charge on any atom is 0.150 e. The van der Waals surface area contributed by atoms with Crippen molar-refractivity contribution in [2.45, 2.75) is 38.5 Å². The van der Waals surface area contributed by atoms with Crippen LogP contribution in [0.3, 0.4) is 0 Å². The molecule has 0 bridgehead atoms. The number of piperidine rings is 1. The van der Waals surface area contributed by atoms with Gasteiger partial charge in [-0.25, -0.2) is 4.39 Å². The van der Waals surface area contributed by atoms with Crippen molar-refractivity contribution in [1.29, 1.82) is 0 Å². The number of phenols is 1. The van der Waals surface area contributed by atoms with Crippen LogP contribution < -0.4 is 15.0 Å². The van der Waals surface area contributed by atoms with E-state index in [9.17, 15) is 9.50 Å². The Bertz CT molecular complexity index is 1380. The summed E-state index contributed by atoms with van der Waals surface area (Å²) in [5, 5.41) is 15.6. The smallest absolute Gasteiger partial charge is 0.150 e. The summed E-state index contributed by atoms with van der Waals surface area (Å²) < 4.78 is 20.6. The first-order valence-corrected chi connectivity index (χ1v) is 12.4. The van der Waals surface area contributed by atoms with Crippen LogP contribution in [0.25, 0.3) is 21.9 Å². The molecule has 0 amide bonds. The van der Waals surface area contributed by atoms with E-state index in [1.165, 1.54) is 30.7 Å². The van der Waals surface area contributed by atoms with Gasteiger partial charge in [0, 0.05) is 29.4 Å². The third-order valence-electron chi connectivity index (χ3n) is 7.31. The van der Waals surface area contributed by atoms with Gasteiger partial charge in [-0.05, 0) is 91.0 Å². The van der Waals surface area contributed by atoms with Crippen LogP contribution in [0.1, 0.15) is 43.4 Å². The van der Waals surface area contributed by atoms with Gasteiger partial charge in [-0.15, -0.1) is 0 Å². The van der Waals surface area contributed by atoms with Crippen LogP contribution >= 0.6 is 0 Å². The molecule has 0 aliphatic carbocycles. The van der Waals surface area contributed by atoms with Crippen LogP contribution in [-0.4, -0.2) is 24.4 Å². The molecular weight excluding hydrogens is 439 g/mol. The highest BCUT2D eigenvalue weighted by molar-refractivity contribution is 5.95. The van der Waals surface area contributed by atoms with Crippen LogP contribution in [0.4, 0.5) is 10.1 Å². The van der Waals surface area contributed by atoms with Gasteiger partial charge < -0.3 is 14.7 Å². The second-order valence-corrected chi connectivity index (χ2v) is 9.41. The zero-order valence-electron chi connectivity index (χ0n) is 19.8. The summed E-state index contributed by atoms with van der Waals surface area (Å²) in [7, 11) is 0. The Morgan fingerprint density at radius 3 is 2.57 bits per heavy atom. The van der Waals surface area contributed by atoms with Crippen molar-refractivity contribution < 1.29 is 14.2 Å². The normalized spacial score (nSPS) is 19.0. The maximum absolute atomic E-state index is 14.1. The first-order chi connectivity index (χ1) is 17.1. The summed E-state index contributed by atoms with van der Waals surface area (Å²) in [6, 6.07) is 22.8. The van der Waals surface area contributed by atoms with E-state index >= 15 is 0 Å². The summed E-state index contributed by atoms with van der Waals surface area (Å²) in [5.74, 6) is 0.463. The molecule has 2 atom stereocenters. The molecule has 2 unspecified atom stereocenters. The number of rotatable bonds is 4. The van der Waals surface area contributed by atoms with Crippen molar-refractivity contribution in [2.24, 2.45) is 0 Å². The van der Waals surface area contributed by atoms with E-state index in [-0.39, 0.29) is 17.7 Å². The highest BCUT2D eigenvalue weighted by Gasteiger charge is 2.30. The average Bonchev–Trinajstić information content (AvgIpc) is 2.89. The molecule has 5 heteroatoms. The fourth-order valence-corrected chi connectivity index (χ4v) is 5.62. The summed E-state index contributed by atoms with van der Waals surface area (Å²) in [6.07, 6.45) is 3.61. The number of ether oxygens (including phenoxy) is 1. The molecule has 2 aliphatic rings. The molecule has 4 nitrogen and oxygen atoms in total. The van der Waals surface area contributed by atoms with Crippen LogP contribution in [0.15, 0.2) is 72.8 Å². The highest BCUT2D eigenvalue weighted by Crippen LogP contribution is 2.48. The molecule has 6 rings (SSSR count). The van der Waals surface area contributed by atoms with Crippen molar-refractivity contribution in [2.75, 3.05) is 18.0 Å². The number of halogens is 1. The molecule has 2 N–H and O–H groups in total. The minimum atomic E-state index is -0.385. The number of nitrogens with one attached hydrogen (secondary N) is 1. The van der Waals surface area contributed by atoms with E-state index in [0.29, 0.717) is 11.9 Å². The lowest BCUT2D eigenvalue weighted by Crippen LogP contribution is -2.48. The number of nitrogens with zero attached hydrogens (tertiary/aromatic N) is 1. The molecule has 0 aromatic heterocycles. The van der Waals surface area contributed by atoms with Crippen molar-refractivity contribution in [3.8, 4) is 22.6 Å². The largest absolute Gasteiger partial charge is 0.508 e. The van der Waals surface area contributed by atoms with E-state index in [1.807, 2.05) is 18.2 Å². The first kappa shape index (κ1) is 21.9. The standard InChI is InChI=1S/C30H29FN2O2/c1-2-33(28-5-3-4-16-32-28)22-10-6-19(7-11-22)30-29-24-15-12-23(34)17-20(24)8-13-26(29)25-14-9-21(31)18-27(25)35-30/h6-15,17-18,28,30,32,34H,2-5,16H2,1H3. The van der Waals surface area contributed by atoms with Gasteiger partial charge in [0.2, 0.25) is 0 Å².